The summed E-state index contributed by atoms with van der Waals surface area (Å²) < 4.78 is 6.62. The molecule has 0 saturated carbocycles. The van der Waals surface area contributed by atoms with Crippen molar-refractivity contribution < 1.29 is 14.3 Å². The van der Waals surface area contributed by atoms with Gasteiger partial charge in [-0.3, -0.25) is 9.59 Å². The molecule has 92 valence electrons. The van der Waals surface area contributed by atoms with E-state index >= 15 is 0 Å². The average Bonchev–Trinajstić information content (AvgIpc) is 2.79. The number of carbonyl (C=O) groups is 2. The molecular formula is C13H12N2O3. The Morgan fingerprint density at radius 3 is 3.22 bits per heavy atom. The molecule has 2 aromatic rings. The summed E-state index contributed by atoms with van der Waals surface area (Å²) in [6.45, 7) is 2.02. The van der Waals surface area contributed by atoms with Gasteiger partial charge in [0.25, 0.3) is 0 Å². The monoisotopic (exact) mass is 244 g/mol. The molecule has 0 saturated heterocycles. The summed E-state index contributed by atoms with van der Waals surface area (Å²) >= 11 is 0. The van der Waals surface area contributed by atoms with Crippen molar-refractivity contribution in [2.24, 2.45) is 5.92 Å². The Balaban J connectivity index is 2.09. The van der Waals surface area contributed by atoms with Crippen LogP contribution >= 0.6 is 0 Å². The minimum atomic E-state index is -0.729. The molecule has 0 fully saturated rings. The fraction of sp³-hybridized carbons (Fsp3) is 0.308. The van der Waals surface area contributed by atoms with Crippen LogP contribution in [0.15, 0.2) is 24.5 Å². The van der Waals surface area contributed by atoms with Crippen LogP contribution in [0.5, 0.6) is 0 Å². The van der Waals surface area contributed by atoms with Crippen LogP contribution in [0.1, 0.15) is 22.8 Å². The molecule has 1 aliphatic rings. The van der Waals surface area contributed by atoms with Gasteiger partial charge in [0, 0.05) is 6.20 Å². The van der Waals surface area contributed by atoms with Crippen LogP contribution in [0.25, 0.3) is 5.52 Å². The number of ketones is 1. The number of hydrogen-bond acceptors (Lipinski definition) is 4. The van der Waals surface area contributed by atoms with Crippen LogP contribution in [0.4, 0.5) is 0 Å². The predicted octanol–water partition coefficient (Wildman–Crippen LogP) is 1.25. The molecule has 5 nitrogen and oxygen atoms in total. The van der Waals surface area contributed by atoms with Gasteiger partial charge in [-0.05, 0) is 25.0 Å². The highest BCUT2D eigenvalue weighted by atomic mass is 16.5. The third-order valence-corrected chi connectivity index (χ3v) is 3.20. The molecule has 0 aromatic carbocycles. The quantitative estimate of drug-likeness (QED) is 0.589. The molecule has 0 N–H and O–H groups in total. The normalized spacial score (nSPS) is 18.1. The number of hydrogen-bond donors (Lipinski definition) is 0. The lowest BCUT2D eigenvalue weighted by atomic mass is 9.86. The van der Waals surface area contributed by atoms with Crippen LogP contribution in [0, 0.1) is 5.92 Å². The van der Waals surface area contributed by atoms with Gasteiger partial charge >= 0.3 is 5.97 Å². The van der Waals surface area contributed by atoms with E-state index in [4.69, 9.17) is 4.74 Å². The van der Waals surface area contributed by atoms with Crippen molar-refractivity contribution in [2.75, 3.05) is 6.61 Å². The lowest BCUT2D eigenvalue weighted by molar-refractivity contribution is -0.146. The lowest BCUT2D eigenvalue weighted by Crippen LogP contribution is -2.31. The van der Waals surface area contributed by atoms with Crippen molar-refractivity contribution in [3.8, 4) is 0 Å². The third-order valence-electron chi connectivity index (χ3n) is 3.20. The topological polar surface area (TPSA) is 60.7 Å². The molecule has 1 aliphatic carbocycles. The molecule has 2 aromatic heterocycles. The van der Waals surface area contributed by atoms with Crippen LogP contribution in [-0.2, 0) is 16.0 Å². The fourth-order valence-electron chi connectivity index (χ4n) is 2.39. The average molecular weight is 244 g/mol. The minimum Gasteiger partial charge on any atom is -0.465 e. The zero-order valence-corrected chi connectivity index (χ0v) is 9.92. The number of Topliss-reactive ketones (excluding diaryl/α,β-unsaturated/α-hetero) is 1. The highest BCUT2D eigenvalue weighted by Gasteiger charge is 2.35. The maximum atomic E-state index is 12.2. The van der Waals surface area contributed by atoms with Crippen LogP contribution in [0.3, 0.4) is 0 Å². The molecule has 0 aliphatic heterocycles. The van der Waals surface area contributed by atoms with Gasteiger partial charge in [-0.25, -0.2) is 4.52 Å². The third kappa shape index (κ3) is 1.44. The number of nitrogens with zero attached hydrogens (tertiary/aromatic N) is 2. The molecule has 0 unspecified atom stereocenters. The number of pyridine rings is 1. The van der Waals surface area contributed by atoms with Gasteiger partial charge in [-0.15, -0.1) is 0 Å². The van der Waals surface area contributed by atoms with E-state index < -0.39 is 11.9 Å². The standard InChI is InChI=1S/C13H12N2O3/c1-2-18-13(17)9-6-8-4-3-5-15-11(8)10(7-14-15)12(9)16/h3-5,7,9H,2,6H2,1H3/t9-/m1/s1. The Bertz CT molecular complexity index is 645. The first-order valence-electron chi connectivity index (χ1n) is 5.88. The number of esters is 1. The highest BCUT2D eigenvalue weighted by Crippen LogP contribution is 2.28. The molecule has 0 spiro atoms. The summed E-state index contributed by atoms with van der Waals surface area (Å²) in [5, 5.41) is 4.12. The van der Waals surface area contributed by atoms with E-state index in [1.807, 2.05) is 12.1 Å². The number of aromatic nitrogens is 2. The van der Waals surface area contributed by atoms with E-state index in [0.717, 1.165) is 11.1 Å². The van der Waals surface area contributed by atoms with Crippen molar-refractivity contribution in [1.29, 1.82) is 0 Å². The SMILES string of the molecule is CCOC(=O)[C@@H]1Cc2cccn3ncc(c23)C1=O. The summed E-state index contributed by atoms with van der Waals surface area (Å²) in [6, 6.07) is 3.77. The zero-order chi connectivity index (χ0) is 12.7. The van der Waals surface area contributed by atoms with Crippen molar-refractivity contribution in [2.45, 2.75) is 13.3 Å². The molecule has 0 amide bonds. The number of ether oxygens (including phenoxy) is 1. The number of rotatable bonds is 2. The summed E-state index contributed by atoms with van der Waals surface area (Å²) in [5.41, 5.74) is 2.28. The smallest absolute Gasteiger partial charge is 0.317 e. The van der Waals surface area contributed by atoms with Crippen molar-refractivity contribution >= 4 is 17.3 Å². The lowest BCUT2D eigenvalue weighted by Gasteiger charge is -2.19. The minimum absolute atomic E-state index is 0.192. The first-order chi connectivity index (χ1) is 8.72. The Kier molecular flexibility index (Phi) is 2.40. The fourth-order valence-corrected chi connectivity index (χ4v) is 2.39. The van der Waals surface area contributed by atoms with Crippen molar-refractivity contribution in [1.82, 2.24) is 9.61 Å². The molecule has 2 heterocycles. The second-order valence-corrected chi connectivity index (χ2v) is 4.26. The van der Waals surface area contributed by atoms with Gasteiger partial charge in [0.15, 0.2) is 5.78 Å². The predicted molar refractivity (Wildman–Crippen MR) is 63.3 cm³/mol. The van der Waals surface area contributed by atoms with Gasteiger partial charge in [-0.2, -0.15) is 5.10 Å². The van der Waals surface area contributed by atoms with Crippen LogP contribution in [0.2, 0.25) is 0 Å². The van der Waals surface area contributed by atoms with Gasteiger partial charge in [-0.1, -0.05) is 6.07 Å². The second kappa shape index (κ2) is 3.94. The van der Waals surface area contributed by atoms with E-state index in [1.54, 1.807) is 17.6 Å². The van der Waals surface area contributed by atoms with Gasteiger partial charge < -0.3 is 4.74 Å². The summed E-state index contributed by atoms with van der Waals surface area (Å²) in [6.07, 6.45) is 3.70. The van der Waals surface area contributed by atoms with E-state index in [-0.39, 0.29) is 12.4 Å². The van der Waals surface area contributed by atoms with Crippen LogP contribution < -0.4 is 0 Å². The largest absolute Gasteiger partial charge is 0.465 e. The van der Waals surface area contributed by atoms with E-state index in [2.05, 4.69) is 5.10 Å². The van der Waals surface area contributed by atoms with E-state index in [1.165, 1.54) is 6.20 Å². The van der Waals surface area contributed by atoms with Gasteiger partial charge in [0.05, 0.1) is 23.9 Å². The molecule has 18 heavy (non-hydrogen) atoms. The Morgan fingerprint density at radius 2 is 2.44 bits per heavy atom. The Hall–Kier alpha value is -2.17. The first-order valence-corrected chi connectivity index (χ1v) is 5.88. The zero-order valence-electron chi connectivity index (χ0n) is 9.92. The Morgan fingerprint density at radius 1 is 1.61 bits per heavy atom. The maximum Gasteiger partial charge on any atom is 0.317 e. The summed E-state index contributed by atoms with van der Waals surface area (Å²) in [4.78, 5) is 24.0. The highest BCUT2D eigenvalue weighted by molar-refractivity contribution is 6.14. The summed E-state index contributed by atoms with van der Waals surface area (Å²) in [5.74, 6) is -1.37. The van der Waals surface area contributed by atoms with Gasteiger partial charge in [0.1, 0.15) is 5.92 Å². The van der Waals surface area contributed by atoms with Crippen LogP contribution in [-0.4, -0.2) is 28.0 Å². The van der Waals surface area contributed by atoms with Crippen molar-refractivity contribution in [3.63, 3.8) is 0 Å². The molecule has 5 heteroatoms. The van der Waals surface area contributed by atoms with Gasteiger partial charge in [0.2, 0.25) is 0 Å². The van der Waals surface area contributed by atoms with E-state index in [0.29, 0.717) is 12.0 Å². The Labute approximate surface area is 103 Å². The molecule has 0 radical (unpaired) electrons. The van der Waals surface area contributed by atoms with E-state index in [9.17, 15) is 9.59 Å². The second-order valence-electron chi connectivity index (χ2n) is 4.26. The summed E-state index contributed by atoms with van der Waals surface area (Å²) in [7, 11) is 0. The molecular weight excluding hydrogens is 232 g/mol. The van der Waals surface area contributed by atoms with Crippen molar-refractivity contribution in [3.05, 3.63) is 35.7 Å². The first kappa shape index (κ1) is 11.0. The molecule has 3 rings (SSSR count). The molecule has 1 atom stereocenters. The number of carbonyl (C=O) groups excluding carboxylic acids is 2. The molecule has 0 bridgehead atoms. The maximum absolute atomic E-state index is 12.2.